The van der Waals surface area contributed by atoms with Gasteiger partial charge < -0.3 is 14.8 Å². The molecule has 1 amide bonds. The molecule has 0 fully saturated rings. The summed E-state index contributed by atoms with van der Waals surface area (Å²) in [6, 6.07) is 5.73. The zero-order chi connectivity index (χ0) is 11.9. The van der Waals surface area contributed by atoms with Gasteiger partial charge in [-0.2, -0.15) is 0 Å². The lowest BCUT2D eigenvalue weighted by Gasteiger charge is -2.25. The van der Waals surface area contributed by atoms with Crippen LogP contribution in [0.1, 0.15) is 12.0 Å². The van der Waals surface area contributed by atoms with E-state index in [4.69, 9.17) is 9.47 Å². The Bertz CT molecular complexity index is 504. The third kappa shape index (κ3) is 1.91. The third-order valence-corrected chi connectivity index (χ3v) is 3.35. The van der Waals surface area contributed by atoms with Gasteiger partial charge in [0.05, 0.1) is 6.42 Å². The van der Waals surface area contributed by atoms with E-state index >= 15 is 0 Å². The van der Waals surface area contributed by atoms with Gasteiger partial charge in [0, 0.05) is 10.2 Å². The topological polar surface area (TPSA) is 47.6 Å². The van der Waals surface area contributed by atoms with E-state index in [1.54, 1.807) is 0 Å². The molecule has 0 aromatic heterocycles. The highest BCUT2D eigenvalue weighted by Gasteiger charge is 2.41. The maximum absolute atomic E-state index is 11.8. The Hall–Kier alpha value is -1.49. The number of fused-ring (bicyclic) bond motifs is 1. The first-order valence-corrected chi connectivity index (χ1v) is 6.05. The number of halogens is 1. The van der Waals surface area contributed by atoms with Crippen LogP contribution in [0.3, 0.4) is 0 Å². The zero-order valence-corrected chi connectivity index (χ0v) is 10.5. The lowest BCUT2D eigenvalue weighted by molar-refractivity contribution is -0.155. The summed E-state index contributed by atoms with van der Waals surface area (Å²) in [7, 11) is 0. The van der Waals surface area contributed by atoms with Crippen LogP contribution in [0.4, 0.5) is 5.69 Å². The second-order valence-corrected chi connectivity index (χ2v) is 5.04. The van der Waals surface area contributed by atoms with Crippen molar-refractivity contribution in [1.29, 1.82) is 0 Å². The average molecular weight is 296 g/mol. The molecule has 88 valence electrons. The highest BCUT2D eigenvalue weighted by Crippen LogP contribution is 2.35. The number of carbonyl (C=O) groups is 1. The van der Waals surface area contributed by atoms with Crippen molar-refractivity contribution in [3.05, 3.63) is 40.8 Å². The maximum atomic E-state index is 11.8. The molecule has 0 unspecified atom stereocenters. The summed E-state index contributed by atoms with van der Waals surface area (Å²) in [5, 5.41) is 2.85. The monoisotopic (exact) mass is 295 g/mol. The van der Waals surface area contributed by atoms with Gasteiger partial charge in [-0.3, -0.25) is 4.79 Å². The molecule has 0 bridgehead atoms. The van der Waals surface area contributed by atoms with E-state index in [1.165, 1.54) is 12.5 Å². The Morgan fingerprint density at radius 3 is 2.76 bits per heavy atom. The SMILES string of the molecule is O=C1CC2(Cc3cc(Br)ccc3N1)OC=CO2. The Labute approximate surface area is 107 Å². The van der Waals surface area contributed by atoms with Crippen LogP contribution < -0.4 is 5.32 Å². The first-order chi connectivity index (χ1) is 8.17. The summed E-state index contributed by atoms with van der Waals surface area (Å²) < 4.78 is 11.9. The number of hydrogen-bond donors (Lipinski definition) is 1. The normalized spacial score (nSPS) is 20.2. The van der Waals surface area contributed by atoms with Crippen LogP contribution >= 0.6 is 15.9 Å². The summed E-state index contributed by atoms with van der Waals surface area (Å²) in [4.78, 5) is 11.8. The van der Waals surface area contributed by atoms with Gasteiger partial charge >= 0.3 is 0 Å². The molecule has 1 spiro atoms. The summed E-state index contributed by atoms with van der Waals surface area (Å²) >= 11 is 3.42. The van der Waals surface area contributed by atoms with Gasteiger partial charge in [0.15, 0.2) is 0 Å². The van der Waals surface area contributed by atoms with Gasteiger partial charge in [0.2, 0.25) is 5.91 Å². The summed E-state index contributed by atoms with van der Waals surface area (Å²) in [5.41, 5.74) is 1.81. The Morgan fingerprint density at radius 2 is 2.00 bits per heavy atom. The molecule has 0 atom stereocenters. The molecule has 5 heteroatoms. The maximum Gasteiger partial charge on any atom is 0.262 e. The van der Waals surface area contributed by atoms with Gasteiger partial charge in [-0.25, -0.2) is 0 Å². The van der Waals surface area contributed by atoms with Crippen molar-refractivity contribution in [3.8, 4) is 0 Å². The average Bonchev–Trinajstić information content (AvgIpc) is 2.64. The van der Waals surface area contributed by atoms with Crippen molar-refractivity contribution < 1.29 is 14.3 Å². The number of carbonyl (C=O) groups excluding carboxylic acids is 1. The largest absolute Gasteiger partial charge is 0.456 e. The van der Waals surface area contributed by atoms with E-state index in [1.807, 2.05) is 18.2 Å². The van der Waals surface area contributed by atoms with E-state index in [0.717, 1.165) is 15.7 Å². The fourth-order valence-corrected chi connectivity index (χ4v) is 2.53. The minimum atomic E-state index is -0.879. The molecular formula is C12H10BrNO3. The van der Waals surface area contributed by atoms with E-state index in [2.05, 4.69) is 21.2 Å². The minimum absolute atomic E-state index is 0.102. The van der Waals surface area contributed by atoms with Gasteiger partial charge in [-0.05, 0) is 23.8 Å². The smallest absolute Gasteiger partial charge is 0.262 e. The molecular weight excluding hydrogens is 286 g/mol. The number of amides is 1. The van der Waals surface area contributed by atoms with Crippen LogP contribution in [-0.2, 0) is 20.7 Å². The molecule has 0 aliphatic carbocycles. The lowest BCUT2D eigenvalue weighted by atomic mass is 10.0. The van der Waals surface area contributed by atoms with Crippen molar-refractivity contribution in [2.45, 2.75) is 18.6 Å². The second-order valence-electron chi connectivity index (χ2n) is 4.12. The fraction of sp³-hybridized carbons (Fsp3) is 0.250. The summed E-state index contributed by atoms with van der Waals surface area (Å²) in [6.07, 6.45) is 3.69. The first-order valence-electron chi connectivity index (χ1n) is 5.26. The molecule has 1 aromatic carbocycles. The molecule has 0 saturated heterocycles. The van der Waals surface area contributed by atoms with Crippen LogP contribution in [0.5, 0.6) is 0 Å². The van der Waals surface area contributed by atoms with Crippen LogP contribution in [0.25, 0.3) is 0 Å². The van der Waals surface area contributed by atoms with E-state index < -0.39 is 5.79 Å². The van der Waals surface area contributed by atoms with Crippen LogP contribution in [0.15, 0.2) is 35.2 Å². The molecule has 1 N–H and O–H groups in total. The van der Waals surface area contributed by atoms with Crippen molar-refractivity contribution in [3.63, 3.8) is 0 Å². The molecule has 4 nitrogen and oxygen atoms in total. The number of benzene rings is 1. The summed E-state index contributed by atoms with van der Waals surface area (Å²) in [5.74, 6) is -0.981. The van der Waals surface area contributed by atoms with E-state index in [9.17, 15) is 4.79 Å². The van der Waals surface area contributed by atoms with Crippen LogP contribution in [0, 0.1) is 0 Å². The van der Waals surface area contributed by atoms with E-state index in [-0.39, 0.29) is 12.3 Å². The molecule has 1 aromatic rings. The molecule has 0 saturated carbocycles. The minimum Gasteiger partial charge on any atom is -0.456 e. The van der Waals surface area contributed by atoms with Crippen LogP contribution in [0.2, 0.25) is 0 Å². The molecule has 17 heavy (non-hydrogen) atoms. The number of nitrogens with one attached hydrogen (secondary N) is 1. The van der Waals surface area contributed by atoms with Gasteiger partial charge in [0.1, 0.15) is 18.9 Å². The Kier molecular flexibility index (Phi) is 2.36. The Balaban J connectivity index is 2.02. The Morgan fingerprint density at radius 1 is 1.24 bits per heavy atom. The molecule has 0 radical (unpaired) electrons. The predicted molar refractivity (Wildman–Crippen MR) is 65.1 cm³/mol. The first kappa shape index (κ1) is 10.7. The zero-order valence-electron chi connectivity index (χ0n) is 8.90. The molecule has 2 aliphatic rings. The molecule has 2 aliphatic heterocycles. The number of ether oxygens (including phenoxy) is 2. The number of anilines is 1. The second kappa shape index (κ2) is 3.77. The van der Waals surface area contributed by atoms with Gasteiger partial charge in [-0.1, -0.05) is 15.9 Å². The van der Waals surface area contributed by atoms with Crippen molar-refractivity contribution >= 4 is 27.5 Å². The predicted octanol–water partition coefficient (Wildman–Crippen LogP) is 2.55. The van der Waals surface area contributed by atoms with Gasteiger partial charge in [-0.15, -0.1) is 0 Å². The summed E-state index contributed by atoms with van der Waals surface area (Å²) in [6.45, 7) is 0. The van der Waals surface area contributed by atoms with Crippen LogP contribution in [-0.4, -0.2) is 11.7 Å². The standard InChI is InChI=1S/C12H10BrNO3/c13-9-1-2-10-8(5-9)6-12(7-11(15)14-10)16-3-4-17-12/h1-5H,6-7H2,(H,14,15). The fourth-order valence-electron chi connectivity index (χ4n) is 2.12. The molecule has 3 rings (SSSR count). The van der Waals surface area contributed by atoms with Crippen molar-refractivity contribution in [2.24, 2.45) is 0 Å². The molecule has 2 heterocycles. The highest BCUT2D eigenvalue weighted by molar-refractivity contribution is 9.10. The number of hydrogen-bond acceptors (Lipinski definition) is 3. The number of rotatable bonds is 0. The van der Waals surface area contributed by atoms with Gasteiger partial charge in [0.25, 0.3) is 5.79 Å². The van der Waals surface area contributed by atoms with Crippen molar-refractivity contribution in [1.82, 2.24) is 0 Å². The quantitative estimate of drug-likeness (QED) is 0.800. The third-order valence-electron chi connectivity index (χ3n) is 2.85. The highest BCUT2D eigenvalue weighted by atomic mass is 79.9. The lowest BCUT2D eigenvalue weighted by Crippen LogP contribution is -2.35. The van der Waals surface area contributed by atoms with E-state index in [0.29, 0.717) is 6.42 Å². The van der Waals surface area contributed by atoms with Crippen molar-refractivity contribution in [2.75, 3.05) is 5.32 Å².